The molecule has 0 bridgehead atoms. The minimum Gasteiger partial charge on any atom is -0.469 e. The first-order valence-corrected chi connectivity index (χ1v) is 17.2. The molecular formula is C29H52N5O7P. The Morgan fingerprint density at radius 3 is 2.14 bits per heavy atom. The van der Waals surface area contributed by atoms with E-state index < -0.39 is 13.9 Å². The number of hydrogen-bond donors (Lipinski definition) is 2. The van der Waals surface area contributed by atoms with Crippen molar-refractivity contribution >= 4 is 30.5 Å². The summed E-state index contributed by atoms with van der Waals surface area (Å²) in [4.78, 5) is 33.4. The molecule has 2 heterocycles. The van der Waals surface area contributed by atoms with E-state index in [1.807, 2.05) is 0 Å². The van der Waals surface area contributed by atoms with Gasteiger partial charge in [-0.25, -0.2) is 15.0 Å². The fourth-order valence-electron chi connectivity index (χ4n) is 4.61. The molecule has 0 amide bonds. The molecule has 0 aliphatic heterocycles. The number of unbranched alkanes of at least 4 members (excludes halogenated alkanes) is 12. The third-order valence-electron chi connectivity index (χ3n) is 7.03. The standard InChI is InChI=1S/C29H52N5O7P/c1-25(21-34-23-33-27-28(30)31-22-32-29(27)34)40-24-42(36,37)41-20-16-19-39-18-15-13-11-9-7-5-3-4-6-8-10-12-14-17-26(35)38-2/h22-23,25H,3-21,24H2,1-2H3,(H,36,37)(H2,30,31,32). The van der Waals surface area contributed by atoms with Gasteiger partial charge in [-0.15, -0.1) is 0 Å². The highest BCUT2D eigenvalue weighted by molar-refractivity contribution is 7.52. The van der Waals surface area contributed by atoms with Gasteiger partial charge in [0.15, 0.2) is 11.5 Å². The number of carbonyl (C=O) groups is 1. The summed E-state index contributed by atoms with van der Waals surface area (Å²) in [6.07, 6.45) is 19.1. The Labute approximate surface area is 250 Å². The van der Waals surface area contributed by atoms with E-state index in [2.05, 4.69) is 19.7 Å². The van der Waals surface area contributed by atoms with Crippen molar-refractivity contribution in [3.8, 4) is 0 Å². The lowest BCUT2D eigenvalue weighted by molar-refractivity contribution is -0.140. The summed E-state index contributed by atoms with van der Waals surface area (Å²) >= 11 is 0. The van der Waals surface area contributed by atoms with Crippen LogP contribution in [0.2, 0.25) is 0 Å². The number of fused-ring (bicyclic) bond motifs is 1. The Bertz CT molecular complexity index is 1050. The molecule has 13 heteroatoms. The Hall–Kier alpha value is -2.11. The number of hydrogen-bond acceptors (Lipinski definition) is 10. The summed E-state index contributed by atoms with van der Waals surface area (Å²) in [5.41, 5.74) is 6.90. The van der Waals surface area contributed by atoms with E-state index in [1.165, 1.54) is 77.6 Å². The van der Waals surface area contributed by atoms with Crippen molar-refractivity contribution in [2.45, 2.75) is 116 Å². The Morgan fingerprint density at radius 1 is 0.905 bits per heavy atom. The van der Waals surface area contributed by atoms with Crippen LogP contribution in [-0.2, 0) is 34.6 Å². The number of esters is 1. The normalized spacial score (nSPS) is 13.8. The fraction of sp³-hybridized carbons (Fsp3) is 0.793. The molecule has 2 unspecified atom stereocenters. The van der Waals surface area contributed by atoms with Crippen molar-refractivity contribution in [1.82, 2.24) is 19.5 Å². The second-order valence-electron chi connectivity index (χ2n) is 10.8. The average molecular weight is 614 g/mol. The zero-order chi connectivity index (χ0) is 30.5. The minimum atomic E-state index is -3.85. The molecule has 2 rings (SSSR count). The third-order valence-corrected chi connectivity index (χ3v) is 8.09. The number of carbonyl (C=O) groups excluding carboxylic acids is 1. The molecule has 42 heavy (non-hydrogen) atoms. The SMILES string of the molecule is COC(=O)CCCCCCCCCCCCCCCOCCCOP(=O)(O)COC(C)Cn1cnc2c(N)ncnc21. The molecule has 0 radical (unpaired) electrons. The Balaban J connectivity index is 1.34. The predicted octanol–water partition coefficient (Wildman–Crippen LogP) is 6.01. The minimum absolute atomic E-state index is 0.101. The van der Waals surface area contributed by atoms with Crippen LogP contribution < -0.4 is 5.73 Å². The van der Waals surface area contributed by atoms with Crippen LogP contribution in [0.25, 0.3) is 11.2 Å². The molecule has 0 aromatic carbocycles. The Morgan fingerprint density at radius 2 is 1.50 bits per heavy atom. The maximum Gasteiger partial charge on any atom is 0.353 e. The van der Waals surface area contributed by atoms with Gasteiger partial charge >= 0.3 is 13.6 Å². The molecule has 0 saturated heterocycles. The first kappa shape index (κ1) is 36.1. The van der Waals surface area contributed by atoms with Gasteiger partial charge in [-0.1, -0.05) is 70.6 Å². The number of nitrogens with two attached hydrogens (primary N) is 1. The summed E-state index contributed by atoms with van der Waals surface area (Å²) < 4.78 is 35.1. The number of methoxy groups -OCH3 is 1. The van der Waals surface area contributed by atoms with Crippen molar-refractivity contribution < 1.29 is 33.0 Å². The lowest BCUT2D eigenvalue weighted by Crippen LogP contribution is -2.17. The van der Waals surface area contributed by atoms with Gasteiger partial charge in [0.25, 0.3) is 0 Å². The fourth-order valence-corrected chi connectivity index (χ4v) is 5.54. The molecule has 0 fully saturated rings. The van der Waals surface area contributed by atoms with Gasteiger partial charge in [-0.05, 0) is 26.2 Å². The summed E-state index contributed by atoms with van der Waals surface area (Å²) in [6, 6.07) is 0. The van der Waals surface area contributed by atoms with E-state index in [0.717, 1.165) is 19.3 Å². The van der Waals surface area contributed by atoms with Crippen LogP contribution in [0, 0.1) is 0 Å². The van der Waals surface area contributed by atoms with Crippen LogP contribution in [0.15, 0.2) is 12.7 Å². The highest BCUT2D eigenvalue weighted by Crippen LogP contribution is 2.42. The number of nitrogen functional groups attached to an aromatic ring is 1. The second-order valence-corrected chi connectivity index (χ2v) is 12.6. The van der Waals surface area contributed by atoms with Crippen molar-refractivity contribution in [2.75, 3.05) is 39.0 Å². The monoisotopic (exact) mass is 613 g/mol. The van der Waals surface area contributed by atoms with Gasteiger partial charge in [-0.2, -0.15) is 0 Å². The zero-order valence-electron chi connectivity index (χ0n) is 25.6. The number of rotatable bonds is 26. The first-order valence-electron chi connectivity index (χ1n) is 15.5. The van der Waals surface area contributed by atoms with Gasteiger partial charge < -0.3 is 33.9 Å². The first-order chi connectivity index (χ1) is 20.3. The maximum absolute atomic E-state index is 12.3. The number of anilines is 1. The number of ether oxygens (including phenoxy) is 3. The molecule has 3 N–H and O–H groups in total. The lowest BCUT2D eigenvalue weighted by atomic mass is 10.0. The van der Waals surface area contributed by atoms with Gasteiger partial charge in [0, 0.05) is 19.6 Å². The second kappa shape index (κ2) is 21.6. The van der Waals surface area contributed by atoms with Crippen LogP contribution in [0.1, 0.15) is 103 Å². The molecule has 0 aliphatic rings. The average Bonchev–Trinajstić information content (AvgIpc) is 3.38. The molecule has 0 spiro atoms. The summed E-state index contributed by atoms with van der Waals surface area (Å²) in [7, 11) is -2.41. The number of nitrogens with zero attached hydrogens (tertiary/aromatic N) is 4. The lowest BCUT2D eigenvalue weighted by Gasteiger charge is -2.17. The maximum atomic E-state index is 12.3. The largest absolute Gasteiger partial charge is 0.469 e. The molecule has 2 aromatic heterocycles. The summed E-state index contributed by atoms with van der Waals surface area (Å²) in [6.45, 7) is 3.54. The van der Waals surface area contributed by atoms with E-state index in [4.69, 9.17) is 19.7 Å². The molecular weight excluding hydrogens is 561 g/mol. The van der Waals surface area contributed by atoms with Crippen LogP contribution in [0.3, 0.4) is 0 Å². The van der Waals surface area contributed by atoms with Crippen molar-refractivity contribution in [2.24, 2.45) is 0 Å². The molecule has 2 aromatic rings. The summed E-state index contributed by atoms with van der Waals surface area (Å²) in [5, 5.41) is 0. The van der Waals surface area contributed by atoms with Gasteiger partial charge in [0.05, 0.1) is 32.7 Å². The molecule has 0 saturated carbocycles. The molecule has 0 aliphatic carbocycles. The highest BCUT2D eigenvalue weighted by atomic mass is 31.2. The van der Waals surface area contributed by atoms with Crippen LogP contribution in [0.4, 0.5) is 5.82 Å². The van der Waals surface area contributed by atoms with E-state index in [0.29, 0.717) is 49.6 Å². The number of imidazole rings is 1. The van der Waals surface area contributed by atoms with Crippen molar-refractivity contribution in [1.29, 1.82) is 0 Å². The van der Waals surface area contributed by atoms with Gasteiger partial charge in [-0.3, -0.25) is 9.36 Å². The van der Waals surface area contributed by atoms with Crippen LogP contribution in [0.5, 0.6) is 0 Å². The van der Waals surface area contributed by atoms with Gasteiger partial charge in [0.2, 0.25) is 0 Å². The van der Waals surface area contributed by atoms with Crippen LogP contribution >= 0.6 is 7.60 Å². The van der Waals surface area contributed by atoms with Crippen molar-refractivity contribution in [3.63, 3.8) is 0 Å². The predicted molar refractivity (Wildman–Crippen MR) is 163 cm³/mol. The topological polar surface area (TPSA) is 161 Å². The zero-order valence-corrected chi connectivity index (χ0v) is 26.5. The summed E-state index contributed by atoms with van der Waals surface area (Å²) in [5.74, 6) is 0.201. The van der Waals surface area contributed by atoms with E-state index in [9.17, 15) is 14.3 Å². The smallest absolute Gasteiger partial charge is 0.353 e. The highest BCUT2D eigenvalue weighted by Gasteiger charge is 2.21. The molecule has 12 nitrogen and oxygen atoms in total. The third kappa shape index (κ3) is 15.9. The van der Waals surface area contributed by atoms with E-state index in [-0.39, 0.29) is 18.7 Å². The van der Waals surface area contributed by atoms with E-state index >= 15 is 0 Å². The van der Waals surface area contributed by atoms with Gasteiger partial charge in [0.1, 0.15) is 18.2 Å². The Kier molecular flexibility index (Phi) is 18.5. The number of aromatic nitrogens is 4. The van der Waals surface area contributed by atoms with Crippen LogP contribution in [-0.4, -0.2) is 69.8 Å². The quantitative estimate of drug-likeness (QED) is 0.0726. The molecule has 2 atom stereocenters. The molecule has 240 valence electrons. The van der Waals surface area contributed by atoms with Crippen molar-refractivity contribution in [3.05, 3.63) is 12.7 Å². The van der Waals surface area contributed by atoms with E-state index in [1.54, 1.807) is 17.8 Å².